The zero-order chi connectivity index (χ0) is 34.8. The zero-order valence-corrected chi connectivity index (χ0v) is 28.8. The van der Waals surface area contributed by atoms with E-state index in [1.54, 1.807) is 0 Å². The Labute approximate surface area is 303 Å². The molecule has 19 heteroatoms. The fourth-order valence-electron chi connectivity index (χ4n) is 4.38. The normalized spacial score (nSPS) is 10.9. The van der Waals surface area contributed by atoms with Crippen molar-refractivity contribution in [2.75, 3.05) is 0 Å². The monoisotopic (exact) mass is 776 g/mol. The largest absolute Gasteiger partial charge is 2.00 e. The number of pyridine rings is 5. The molecule has 0 aliphatic rings. The SMILES string of the molecule is O.[Co+2].[O-][Cl+3]([O-])([O-])[O-].[O-][Cl+3]([O-])([O-])[O-].c1ccc(CN(Cc2ccccn2)Cc2cccc(CN(Cc3ccccn3)Cc3ccccn3)n2)nc1. The molecule has 0 spiro atoms. The Hall–Kier alpha value is -3.60. The Morgan fingerprint density at radius 3 is 0.820 bits per heavy atom. The van der Waals surface area contributed by atoms with E-state index in [2.05, 4.69) is 72.2 Å². The van der Waals surface area contributed by atoms with Crippen molar-refractivity contribution in [2.45, 2.75) is 39.3 Å². The van der Waals surface area contributed by atoms with Gasteiger partial charge in [-0.2, -0.15) is 0 Å². The number of nitrogens with zero attached hydrogens (tertiary/aromatic N) is 7. The quantitative estimate of drug-likeness (QED) is 0.114. The number of rotatable bonds is 12. The first kappa shape index (κ1) is 44.4. The molecule has 0 bridgehead atoms. The second-order valence-electron chi connectivity index (χ2n) is 9.95. The minimum absolute atomic E-state index is 0. The maximum Gasteiger partial charge on any atom is 2.00 e. The summed E-state index contributed by atoms with van der Waals surface area (Å²) in [6.45, 7) is 4.26. The van der Waals surface area contributed by atoms with E-state index >= 15 is 0 Å². The van der Waals surface area contributed by atoms with Crippen molar-refractivity contribution in [3.05, 3.63) is 150 Å². The topological polar surface area (TPSA) is 287 Å². The van der Waals surface area contributed by atoms with Gasteiger partial charge in [0.05, 0.1) is 34.2 Å². The van der Waals surface area contributed by atoms with Crippen LogP contribution in [-0.4, -0.2) is 40.2 Å². The van der Waals surface area contributed by atoms with Gasteiger partial charge in [-0.05, 0) is 60.7 Å². The molecular weight excluding hydrogens is 744 g/mol. The third kappa shape index (κ3) is 21.5. The molecule has 0 saturated carbocycles. The molecular formula is C31H33Cl2CoN7O9. The van der Waals surface area contributed by atoms with Gasteiger partial charge >= 0.3 is 16.8 Å². The van der Waals surface area contributed by atoms with Gasteiger partial charge in [-0.3, -0.25) is 34.7 Å². The van der Waals surface area contributed by atoms with Crippen LogP contribution in [0.15, 0.2) is 116 Å². The maximum atomic E-state index is 8.49. The van der Waals surface area contributed by atoms with E-state index in [4.69, 9.17) is 42.3 Å². The van der Waals surface area contributed by atoms with E-state index in [0.29, 0.717) is 13.1 Å². The summed E-state index contributed by atoms with van der Waals surface area (Å²) in [5.74, 6) is 0. The summed E-state index contributed by atoms with van der Waals surface area (Å²) in [7, 11) is -9.89. The molecule has 50 heavy (non-hydrogen) atoms. The Kier molecular flexibility index (Phi) is 20.4. The number of hydrogen-bond donors (Lipinski definition) is 0. The second-order valence-corrected chi connectivity index (χ2v) is 11.5. The van der Waals surface area contributed by atoms with E-state index in [-0.39, 0.29) is 22.3 Å². The van der Waals surface area contributed by atoms with Gasteiger partial charge < -0.3 is 5.48 Å². The molecule has 0 aliphatic carbocycles. The first-order valence-electron chi connectivity index (χ1n) is 14.0. The van der Waals surface area contributed by atoms with Crippen molar-refractivity contribution in [2.24, 2.45) is 0 Å². The van der Waals surface area contributed by atoms with E-state index in [1.165, 1.54) is 0 Å². The van der Waals surface area contributed by atoms with Gasteiger partial charge in [0.2, 0.25) is 0 Å². The summed E-state index contributed by atoms with van der Waals surface area (Å²) < 4.78 is 67.9. The Morgan fingerprint density at radius 1 is 0.380 bits per heavy atom. The van der Waals surface area contributed by atoms with Crippen LogP contribution in [0.3, 0.4) is 0 Å². The third-order valence-corrected chi connectivity index (χ3v) is 6.08. The Balaban J connectivity index is 0.000000919. The van der Waals surface area contributed by atoms with E-state index in [1.807, 2.05) is 73.3 Å². The first-order chi connectivity index (χ1) is 22.8. The summed E-state index contributed by atoms with van der Waals surface area (Å²) in [5, 5.41) is 0. The van der Waals surface area contributed by atoms with Gasteiger partial charge in [-0.25, -0.2) is 37.3 Å². The summed E-state index contributed by atoms with van der Waals surface area (Å²) in [5.41, 5.74) is 6.14. The third-order valence-electron chi connectivity index (χ3n) is 6.08. The van der Waals surface area contributed by atoms with E-state index < -0.39 is 20.5 Å². The predicted octanol–water partition coefficient (Wildman–Crippen LogP) is -5.27. The standard InChI is InChI=1S/C31H31N7.2ClHO4.Co.H2O/c1-5-16-32-26(10-1)20-37(21-27-11-2-6-17-33-27)24-30-14-9-15-31(36-30)25-38(22-28-12-3-7-18-34-28)23-29-13-4-8-19-35-29;2*2-1(3,4)5;;/h1-19H,20-25H2;2*(H,2,3,4,5);;1H2/q;;;+2;/p-2. The van der Waals surface area contributed by atoms with Crippen molar-refractivity contribution < 1.29 is 80.0 Å². The van der Waals surface area contributed by atoms with Crippen LogP contribution < -0.4 is 37.3 Å². The molecule has 0 amide bonds. The minimum atomic E-state index is -4.94. The fourth-order valence-corrected chi connectivity index (χ4v) is 4.38. The van der Waals surface area contributed by atoms with E-state index in [0.717, 1.165) is 60.3 Å². The maximum absolute atomic E-state index is 8.49. The Bertz CT molecular complexity index is 1390. The molecule has 5 rings (SSSR count). The van der Waals surface area contributed by atoms with Crippen LogP contribution >= 0.6 is 0 Å². The molecule has 2 N–H and O–H groups in total. The molecule has 5 aromatic heterocycles. The van der Waals surface area contributed by atoms with Crippen LogP contribution in [0.1, 0.15) is 34.2 Å². The molecule has 16 nitrogen and oxygen atoms in total. The summed E-state index contributed by atoms with van der Waals surface area (Å²) in [4.78, 5) is 27.9. The van der Waals surface area contributed by atoms with Crippen LogP contribution in [0.4, 0.5) is 0 Å². The molecule has 0 saturated heterocycles. The van der Waals surface area contributed by atoms with Gasteiger partial charge in [-0.1, -0.05) is 30.3 Å². The number of aromatic nitrogens is 5. The zero-order valence-electron chi connectivity index (χ0n) is 26.2. The molecule has 5 heterocycles. The van der Waals surface area contributed by atoms with E-state index in [9.17, 15) is 0 Å². The molecule has 1 radical (unpaired) electrons. The van der Waals surface area contributed by atoms with Crippen LogP contribution in [0, 0.1) is 20.5 Å². The van der Waals surface area contributed by atoms with Crippen molar-refractivity contribution in [1.29, 1.82) is 0 Å². The van der Waals surface area contributed by atoms with Gasteiger partial charge in [-0.15, -0.1) is 20.5 Å². The molecule has 0 aliphatic heterocycles. The molecule has 0 fully saturated rings. The smallest absolute Gasteiger partial charge is 0.412 e. The second kappa shape index (κ2) is 23.0. The van der Waals surface area contributed by atoms with Gasteiger partial charge in [0.25, 0.3) is 0 Å². The molecule has 0 unspecified atom stereocenters. The summed E-state index contributed by atoms with van der Waals surface area (Å²) in [6.07, 6.45) is 7.35. The fraction of sp³-hybridized carbons (Fsp3) is 0.194. The molecule has 5 aromatic rings. The van der Waals surface area contributed by atoms with Crippen LogP contribution in [-0.2, 0) is 56.0 Å². The van der Waals surface area contributed by atoms with Crippen LogP contribution in [0.2, 0.25) is 0 Å². The van der Waals surface area contributed by atoms with Crippen LogP contribution in [0.25, 0.3) is 0 Å². The minimum Gasteiger partial charge on any atom is -0.412 e. The molecule has 269 valence electrons. The van der Waals surface area contributed by atoms with Crippen molar-refractivity contribution >= 4 is 0 Å². The van der Waals surface area contributed by atoms with Crippen LogP contribution in [0.5, 0.6) is 0 Å². The average molecular weight is 777 g/mol. The number of hydrogen-bond acceptors (Lipinski definition) is 15. The van der Waals surface area contributed by atoms with Crippen molar-refractivity contribution in [3.63, 3.8) is 0 Å². The van der Waals surface area contributed by atoms with Crippen molar-refractivity contribution in [3.8, 4) is 0 Å². The van der Waals surface area contributed by atoms with Gasteiger partial charge in [0.15, 0.2) is 0 Å². The van der Waals surface area contributed by atoms with Crippen molar-refractivity contribution in [1.82, 2.24) is 34.7 Å². The predicted molar refractivity (Wildman–Crippen MR) is 151 cm³/mol. The first-order valence-corrected chi connectivity index (χ1v) is 16.5. The molecule has 0 atom stereocenters. The Morgan fingerprint density at radius 2 is 0.600 bits per heavy atom. The van der Waals surface area contributed by atoms with Gasteiger partial charge in [0, 0.05) is 64.1 Å². The van der Waals surface area contributed by atoms with Gasteiger partial charge in [0.1, 0.15) is 0 Å². The summed E-state index contributed by atoms with van der Waals surface area (Å²) in [6, 6.07) is 30.4. The summed E-state index contributed by atoms with van der Waals surface area (Å²) >= 11 is 0. The molecule has 0 aromatic carbocycles. The average Bonchev–Trinajstić information content (AvgIpc) is 3.02. The number of halogens is 2.